The van der Waals surface area contributed by atoms with Crippen LogP contribution in [0.25, 0.3) is 11.1 Å². The van der Waals surface area contributed by atoms with Crippen LogP contribution in [0.5, 0.6) is 11.6 Å². The lowest BCUT2D eigenvalue weighted by atomic mass is 10.0. The predicted molar refractivity (Wildman–Crippen MR) is 156 cm³/mol. The summed E-state index contributed by atoms with van der Waals surface area (Å²) in [4.78, 5) is 19.3. The molecule has 38 heavy (non-hydrogen) atoms. The normalized spacial score (nSPS) is 10.9. The molecule has 0 bridgehead atoms. The van der Waals surface area contributed by atoms with Gasteiger partial charge >= 0.3 is 0 Å². The summed E-state index contributed by atoms with van der Waals surface area (Å²) in [7, 11) is 0. The second-order valence-electron chi connectivity index (χ2n) is 9.43. The quantitative estimate of drug-likeness (QED) is 0.203. The Hall–Kier alpha value is -3.77. The Bertz CT molecular complexity index is 1410. The highest BCUT2D eigenvalue weighted by Crippen LogP contribution is 2.48. The predicted octanol–water partition coefficient (Wildman–Crippen LogP) is 8.24. The van der Waals surface area contributed by atoms with E-state index in [1.807, 2.05) is 42.5 Å². The summed E-state index contributed by atoms with van der Waals surface area (Å²) in [5, 5.41) is 22.5. The Morgan fingerprint density at radius 3 is 2.26 bits per heavy atom. The van der Waals surface area contributed by atoms with Crippen molar-refractivity contribution in [2.24, 2.45) is 0 Å². The zero-order chi connectivity index (χ0) is 27.2. The molecule has 196 valence electrons. The monoisotopic (exact) mass is 526 g/mol. The summed E-state index contributed by atoms with van der Waals surface area (Å²) in [6.07, 6.45) is 3.40. The van der Waals surface area contributed by atoms with Gasteiger partial charge in [-0.15, -0.1) is 0 Å². The summed E-state index contributed by atoms with van der Waals surface area (Å²) in [6.45, 7) is 8.93. The highest BCUT2D eigenvalue weighted by molar-refractivity contribution is 7.99. The Morgan fingerprint density at radius 2 is 1.63 bits per heavy atom. The van der Waals surface area contributed by atoms with Crippen LogP contribution in [0.3, 0.4) is 0 Å². The summed E-state index contributed by atoms with van der Waals surface area (Å²) < 4.78 is 0. The molecule has 5 nitrogen and oxygen atoms in total. The van der Waals surface area contributed by atoms with Gasteiger partial charge in [0.25, 0.3) is 0 Å². The van der Waals surface area contributed by atoms with E-state index in [2.05, 4.69) is 55.8 Å². The SMILES string of the molecule is CCCCc1nc(O)c(Sc2ccc(-c3ccccc3C=O)cc2)c(O)c1N(CC)c1cc(C)cc(C)c1. The van der Waals surface area contributed by atoms with E-state index < -0.39 is 0 Å². The zero-order valence-electron chi connectivity index (χ0n) is 22.4. The maximum atomic E-state index is 11.6. The Kier molecular flexibility index (Phi) is 8.74. The van der Waals surface area contributed by atoms with E-state index in [0.717, 1.165) is 52.0 Å². The van der Waals surface area contributed by atoms with Crippen LogP contribution >= 0.6 is 11.8 Å². The van der Waals surface area contributed by atoms with Gasteiger partial charge in [0.05, 0.1) is 5.69 Å². The lowest BCUT2D eigenvalue weighted by molar-refractivity contribution is 0.112. The molecule has 2 N–H and O–H groups in total. The summed E-state index contributed by atoms with van der Waals surface area (Å²) in [5.41, 5.74) is 7.02. The zero-order valence-corrected chi connectivity index (χ0v) is 23.2. The molecule has 6 heteroatoms. The third kappa shape index (κ3) is 5.86. The number of nitrogens with zero attached hydrogens (tertiary/aromatic N) is 2. The molecule has 0 aliphatic rings. The number of aryl methyl sites for hydroxylation is 3. The van der Waals surface area contributed by atoms with Crippen LogP contribution in [0, 0.1) is 13.8 Å². The number of rotatable bonds is 10. The highest BCUT2D eigenvalue weighted by Gasteiger charge is 2.25. The number of carbonyl (C=O) groups excluding carboxylic acids is 1. The number of aromatic hydroxyl groups is 2. The number of pyridine rings is 1. The minimum atomic E-state index is -0.172. The van der Waals surface area contributed by atoms with Gasteiger partial charge in [0.1, 0.15) is 10.6 Å². The summed E-state index contributed by atoms with van der Waals surface area (Å²) in [6, 6.07) is 21.5. The molecule has 0 saturated carbocycles. The summed E-state index contributed by atoms with van der Waals surface area (Å²) in [5.74, 6) is -0.140. The van der Waals surface area contributed by atoms with Crippen LogP contribution < -0.4 is 4.90 Å². The maximum absolute atomic E-state index is 11.6. The van der Waals surface area contributed by atoms with Crippen molar-refractivity contribution in [1.82, 2.24) is 4.98 Å². The van der Waals surface area contributed by atoms with Crippen LogP contribution in [0.15, 0.2) is 76.5 Å². The lowest BCUT2D eigenvalue weighted by Gasteiger charge is -2.28. The van der Waals surface area contributed by atoms with Gasteiger partial charge < -0.3 is 15.1 Å². The molecular formula is C32H34N2O3S. The van der Waals surface area contributed by atoms with Crippen LogP contribution in [0.2, 0.25) is 0 Å². The fourth-order valence-corrected chi connectivity index (χ4v) is 5.58. The third-order valence-electron chi connectivity index (χ3n) is 6.50. The molecule has 0 fully saturated rings. The molecule has 0 aliphatic heterocycles. The lowest BCUT2D eigenvalue weighted by Crippen LogP contribution is -2.19. The first-order valence-electron chi connectivity index (χ1n) is 13.0. The highest BCUT2D eigenvalue weighted by atomic mass is 32.2. The molecular weight excluding hydrogens is 492 g/mol. The summed E-state index contributed by atoms with van der Waals surface area (Å²) >= 11 is 1.27. The first kappa shape index (κ1) is 27.3. The fourth-order valence-electron chi connectivity index (χ4n) is 4.74. The van der Waals surface area contributed by atoms with E-state index in [-0.39, 0.29) is 11.6 Å². The number of hydrogen-bond donors (Lipinski definition) is 2. The number of anilines is 2. The van der Waals surface area contributed by atoms with Gasteiger partial charge in [0.2, 0.25) is 5.88 Å². The first-order valence-corrected chi connectivity index (χ1v) is 13.8. The molecule has 0 radical (unpaired) electrons. The molecule has 1 aromatic heterocycles. The largest absolute Gasteiger partial charge is 0.504 e. The molecule has 0 unspecified atom stereocenters. The van der Waals surface area contributed by atoms with Crippen LogP contribution in [0.1, 0.15) is 53.9 Å². The average Bonchev–Trinajstić information content (AvgIpc) is 2.91. The van der Waals surface area contributed by atoms with E-state index in [9.17, 15) is 15.0 Å². The van der Waals surface area contributed by atoms with Crippen LogP contribution in [-0.4, -0.2) is 28.0 Å². The molecule has 1 heterocycles. The molecule has 4 aromatic rings. The minimum Gasteiger partial charge on any atom is -0.504 e. The topological polar surface area (TPSA) is 73.7 Å². The van der Waals surface area contributed by atoms with Gasteiger partial charge in [-0.2, -0.15) is 0 Å². The van der Waals surface area contributed by atoms with Crippen molar-refractivity contribution in [2.75, 3.05) is 11.4 Å². The van der Waals surface area contributed by atoms with Gasteiger partial charge in [-0.3, -0.25) is 4.79 Å². The second kappa shape index (κ2) is 12.2. The first-order chi connectivity index (χ1) is 18.4. The van der Waals surface area contributed by atoms with Crippen molar-refractivity contribution in [3.63, 3.8) is 0 Å². The molecule has 0 amide bonds. The molecule has 0 saturated heterocycles. The van der Waals surface area contributed by atoms with Gasteiger partial charge in [-0.25, -0.2) is 4.98 Å². The van der Waals surface area contributed by atoms with Crippen molar-refractivity contribution >= 4 is 29.4 Å². The van der Waals surface area contributed by atoms with Crippen LogP contribution in [-0.2, 0) is 6.42 Å². The van der Waals surface area contributed by atoms with Crippen molar-refractivity contribution < 1.29 is 15.0 Å². The molecule has 4 rings (SSSR count). The van der Waals surface area contributed by atoms with E-state index >= 15 is 0 Å². The number of aldehydes is 1. The number of hydrogen-bond acceptors (Lipinski definition) is 6. The van der Waals surface area contributed by atoms with E-state index in [0.29, 0.717) is 34.8 Å². The van der Waals surface area contributed by atoms with Gasteiger partial charge in [-0.1, -0.05) is 67.6 Å². The Balaban J connectivity index is 1.75. The van der Waals surface area contributed by atoms with Gasteiger partial charge in [0.15, 0.2) is 12.0 Å². The Morgan fingerprint density at radius 1 is 0.947 bits per heavy atom. The number of carbonyl (C=O) groups is 1. The van der Waals surface area contributed by atoms with Crippen molar-refractivity contribution in [3.8, 4) is 22.8 Å². The minimum absolute atomic E-state index is 0.0324. The standard InChI is InChI=1S/C32H34N2O3S/c1-5-7-12-28-29(34(6-2)25-18-21(3)17-22(4)19-25)30(36)31(32(37)33-28)38-26-15-13-23(14-16-26)27-11-9-8-10-24(27)20-35/h8-11,13-20H,5-7,12H2,1-4H3,(H2,33,36,37). The van der Waals surface area contributed by atoms with Crippen molar-refractivity contribution in [3.05, 3.63) is 89.1 Å². The van der Waals surface area contributed by atoms with Gasteiger partial charge in [-0.05, 0) is 80.1 Å². The average molecular weight is 527 g/mol. The second-order valence-corrected chi connectivity index (χ2v) is 10.5. The molecule has 0 aliphatic carbocycles. The van der Waals surface area contributed by atoms with Crippen LogP contribution in [0.4, 0.5) is 11.4 Å². The van der Waals surface area contributed by atoms with E-state index in [1.165, 1.54) is 11.8 Å². The fraction of sp³-hybridized carbons (Fsp3) is 0.250. The third-order valence-corrected chi connectivity index (χ3v) is 7.59. The molecule has 0 atom stereocenters. The van der Waals surface area contributed by atoms with E-state index in [4.69, 9.17) is 0 Å². The smallest absolute Gasteiger partial charge is 0.229 e. The Labute approximate surface area is 229 Å². The number of unbranched alkanes of at least 4 members (excludes halogenated alkanes) is 1. The van der Waals surface area contributed by atoms with Crippen molar-refractivity contribution in [1.29, 1.82) is 0 Å². The molecule has 3 aromatic carbocycles. The van der Waals surface area contributed by atoms with Gasteiger partial charge in [0, 0.05) is 22.7 Å². The van der Waals surface area contributed by atoms with E-state index in [1.54, 1.807) is 6.07 Å². The molecule has 0 spiro atoms. The maximum Gasteiger partial charge on any atom is 0.229 e. The number of benzene rings is 3. The number of aromatic nitrogens is 1. The van der Waals surface area contributed by atoms with Crippen molar-refractivity contribution in [2.45, 2.75) is 56.7 Å².